The lowest BCUT2D eigenvalue weighted by Crippen LogP contribution is -2.44. The quantitative estimate of drug-likeness (QED) is 0.419. The maximum absolute atomic E-state index is 13.3. The molecule has 1 aliphatic heterocycles. The van der Waals surface area contributed by atoms with Crippen molar-refractivity contribution in [1.29, 1.82) is 0 Å². The third-order valence-corrected chi connectivity index (χ3v) is 8.21. The highest BCUT2D eigenvalue weighted by Gasteiger charge is 2.41. The van der Waals surface area contributed by atoms with E-state index in [1.54, 1.807) is 60.7 Å². The van der Waals surface area contributed by atoms with Crippen LogP contribution in [0.25, 0.3) is 0 Å². The molecule has 7 nitrogen and oxygen atoms in total. The van der Waals surface area contributed by atoms with Crippen molar-refractivity contribution in [2.24, 2.45) is 5.92 Å². The van der Waals surface area contributed by atoms with Gasteiger partial charge in [0.05, 0.1) is 28.0 Å². The summed E-state index contributed by atoms with van der Waals surface area (Å²) in [5.41, 5.74) is 1.94. The van der Waals surface area contributed by atoms with Crippen LogP contribution in [0.15, 0.2) is 82.2 Å². The Kier molecular flexibility index (Phi) is 7.02. The second-order valence-corrected chi connectivity index (χ2v) is 11.0. The Labute approximate surface area is 212 Å². The van der Waals surface area contributed by atoms with E-state index in [0.717, 1.165) is 10.5 Å². The largest absolute Gasteiger partial charge is 0.300 e. The number of carbonyl (C=O) groups excluding carboxylic acids is 3. The molecule has 0 saturated carbocycles. The van der Waals surface area contributed by atoms with Gasteiger partial charge in [-0.2, -0.15) is 0 Å². The van der Waals surface area contributed by atoms with E-state index >= 15 is 0 Å². The van der Waals surface area contributed by atoms with Gasteiger partial charge in [-0.25, -0.2) is 13.1 Å². The van der Waals surface area contributed by atoms with Crippen LogP contribution >= 0.6 is 15.9 Å². The number of amides is 2. The van der Waals surface area contributed by atoms with E-state index in [1.807, 2.05) is 6.92 Å². The number of hydrogen-bond donors (Lipinski definition) is 1. The number of ketones is 1. The second kappa shape index (κ2) is 9.85. The molecular weight excluding hydrogens is 532 g/mol. The number of Topliss-reactive ketones (excluding diaryl/α,β-unsaturated/α-hetero) is 1. The molecule has 0 bridgehead atoms. The topological polar surface area (TPSA) is 101 Å². The Morgan fingerprint density at radius 1 is 0.914 bits per heavy atom. The first-order chi connectivity index (χ1) is 16.6. The van der Waals surface area contributed by atoms with Crippen LogP contribution in [0.4, 0.5) is 0 Å². The molecule has 0 spiro atoms. The first-order valence-corrected chi connectivity index (χ1v) is 13.2. The number of nitrogens with zero attached hydrogens (tertiary/aromatic N) is 1. The SMILES string of the molecule is CC(=O)[C@@H](CN1C(=O)c2ccccc2C1=O)[C@H](NS(=O)(=O)c1ccc(C)cc1)c1ccccc1Br. The zero-order valence-corrected chi connectivity index (χ0v) is 21.5. The third-order valence-electron chi connectivity index (χ3n) is 6.04. The van der Waals surface area contributed by atoms with Gasteiger partial charge in [0.25, 0.3) is 11.8 Å². The third kappa shape index (κ3) is 4.98. The summed E-state index contributed by atoms with van der Waals surface area (Å²) in [5.74, 6) is -2.42. The molecule has 3 aromatic rings. The minimum Gasteiger partial charge on any atom is -0.300 e. The standard InChI is InChI=1S/C26H23BrN2O5S/c1-16-11-13-18(14-12-16)35(33,34)28-24(21-9-5-6-10-23(21)27)22(17(2)30)15-29-25(31)19-7-3-4-8-20(19)26(29)32/h3-14,22,24,28H,15H2,1-2H3/t22-,24-/m1/s1. The summed E-state index contributed by atoms with van der Waals surface area (Å²) >= 11 is 3.45. The summed E-state index contributed by atoms with van der Waals surface area (Å²) < 4.78 is 29.9. The smallest absolute Gasteiger partial charge is 0.261 e. The van der Waals surface area contributed by atoms with Crippen molar-refractivity contribution in [2.45, 2.75) is 24.8 Å². The van der Waals surface area contributed by atoms with E-state index in [-0.39, 0.29) is 28.4 Å². The summed E-state index contributed by atoms with van der Waals surface area (Å²) in [4.78, 5) is 39.9. The summed E-state index contributed by atoms with van der Waals surface area (Å²) in [5, 5.41) is 0. The second-order valence-electron chi connectivity index (χ2n) is 8.42. The zero-order valence-electron chi connectivity index (χ0n) is 19.1. The predicted octanol–water partition coefficient (Wildman–Crippen LogP) is 4.28. The van der Waals surface area contributed by atoms with Crippen LogP contribution in [0.3, 0.4) is 0 Å². The number of imide groups is 1. The number of carbonyl (C=O) groups is 3. The highest BCUT2D eigenvalue weighted by atomic mass is 79.9. The van der Waals surface area contributed by atoms with Crippen molar-refractivity contribution in [3.63, 3.8) is 0 Å². The number of halogens is 1. The molecule has 3 aromatic carbocycles. The lowest BCUT2D eigenvalue weighted by Gasteiger charge is -2.30. The van der Waals surface area contributed by atoms with Crippen LogP contribution in [-0.2, 0) is 14.8 Å². The van der Waals surface area contributed by atoms with E-state index < -0.39 is 33.8 Å². The molecule has 0 radical (unpaired) electrons. The molecule has 1 aliphatic rings. The lowest BCUT2D eigenvalue weighted by atomic mass is 9.90. The van der Waals surface area contributed by atoms with Crippen LogP contribution < -0.4 is 4.72 Å². The molecule has 1 heterocycles. The first kappa shape index (κ1) is 25.0. The van der Waals surface area contributed by atoms with Crippen molar-refractivity contribution in [1.82, 2.24) is 9.62 Å². The van der Waals surface area contributed by atoms with Gasteiger partial charge in [-0.1, -0.05) is 64.0 Å². The van der Waals surface area contributed by atoms with Crippen molar-refractivity contribution in [2.75, 3.05) is 6.54 Å². The monoisotopic (exact) mass is 554 g/mol. The van der Waals surface area contributed by atoms with Crippen molar-refractivity contribution >= 4 is 43.6 Å². The van der Waals surface area contributed by atoms with E-state index in [1.165, 1.54) is 19.1 Å². The summed E-state index contributed by atoms with van der Waals surface area (Å²) in [6.07, 6.45) is 0. The molecule has 2 amide bonds. The molecule has 4 rings (SSSR count). The van der Waals surface area contributed by atoms with E-state index in [2.05, 4.69) is 20.7 Å². The Balaban J connectivity index is 1.74. The van der Waals surface area contributed by atoms with Crippen LogP contribution in [0, 0.1) is 12.8 Å². The fraction of sp³-hybridized carbons (Fsp3) is 0.192. The van der Waals surface area contributed by atoms with Gasteiger partial charge in [0.1, 0.15) is 5.78 Å². The molecule has 180 valence electrons. The molecule has 1 N–H and O–H groups in total. The molecule has 0 unspecified atom stereocenters. The zero-order chi connectivity index (χ0) is 25.3. The molecular formula is C26H23BrN2O5S. The summed E-state index contributed by atoms with van der Waals surface area (Å²) in [7, 11) is -4.05. The molecule has 9 heteroatoms. The number of fused-ring (bicyclic) bond motifs is 1. The van der Waals surface area contributed by atoms with Crippen LogP contribution in [0.2, 0.25) is 0 Å². The fourth-order valence-electron chi connectivity index (χ4n) is 4.11. The highest BCUT2D eigenvalue weighted by molar-refractivity contribution is 9.10. The highest BCUT2D eigenvalue weighted by Crippen LogP contribution is 2.33. The lowest BCUT2D eigenvalue weighted by molar-refractivity contribution is -0.121. The van der Waals surface area contributed by atoms with E-state index in [0.29, 0.717) is 10.0 Å². The molecule has 35 heavy (non-hydrogen) atoms. The number of sulfonamides is 1. The van der Waals surface area contributed by atoms with Crippen molar-refractivity contribution in [3.05, 3.63) is 99.5 Å². The summed E-state index contributed by atoms with van der Waals surface area (Å²) in [6, 6.07) is 18.7. The maximum atomic E-state index is 13.3. The van der Waals surface area contributed by atoms with Crippen LogP contribution in [0.1, 0.15) is 44.8 Å². The van der Waals surface area contributed by atoms with Crippen LogP contribution in [-0.4, -0.2) is 37.5 Å². The van der Waals surface area contributed by atoms with Gasteiger partial charge in [0.2, 0.25) is 10.0 Å². The molecule has 0 aromatic heterocycles. The number of aryl methyl sites for hydroxylation is 1. The number of nitrogens with one attached hydrogen (secondary N) is 1. The number of rotatable bonds is 8. The average molecular weight is 555 g/mol. The van der Waals surface area contributed by atoms with Gasteiger partial charge in [0, 0.05) is 11.0 Å². The Bertz CT molecular complexity index is 1380. The van der Waals surface area contributed by atoms with E-state index in [4.69, 9.17) is 0 Å². The summed E-state index contributed by atoms with van der Waals surface area (Å²) in [6.45, 7) is 2.90. The fourth-order valence-corrected chi connectivity index (χ4v) is 5.90. The predicted molar refractivity (Wildman–Crippen MR) is 134 cm³/mol. The van der Waals surface area contributed by atoms with E-state index in [9.17, 15) is 22.8 Å². The van der Waals surface area contributed by atoms with Gasteiger partial charge in [-0.3, -0.25) is 19.3 Å². The van der Waals surface area contributed by atoms with Crippen molar-refractivity contribution < 1.29 is 22.8 Å². The molecule has 0 fully saturated rings. The van der Waals surface area contributed by atoms with Gasteiger partial charge in [-0.05, 0) is 49.7 Å². The normalized spacial score (nSPS) is 15.1. The number of hydrogen-bond acceptors (Lipinski definition) is 5. The number of benzene rings is 3. The van der Waals surface area contributed by atoms with Gasteiger partial charge < -0.3 is 0 Å². The van der Waals surface area contributed by atoms with Crippen LogP contribution in [0.5, 0.6) is 0 Å². The van der Waals surface area contributed by atoms with Gasteiger partial charge in [0.15, 0.2) is 0 Å². The average Bonchev–Trinajstić information content (AvgIpc) is 3.06. The molecule has 0 saturated heterocycles. The minimum atomic E-state index is -4.05. The Morgan fingerprint density at radius 2 is 1.46 bits per heavy atom. The first-order valence-electron chi connectivity index (χ1n) is 10.9. The van der Waals surface area contributed by atoms with Gasteiger partial charge in [-0.15, -0.1) is 0 Å². The minimum absolute atomic E-state index is 0.0446. The Morgan fingerprint density at radius 3 is 2.00 bits per heavy atom. The molecule has 2 atom stereocenters. The maximum Gasteiger partial charge on any atom is 0.261 e. The Hall–Kier alpha value is -3.14. The van der Waals surface area contributed by atoms with Gasteiger partial charge >= 0.3 is 0 Å². The van der Waals surface area contributed by atoms with Crippen molar-refractivity contribution in [3.8, 4) is 0 Å². The molecule has 0 aliphatic carbocycles.